The van der Waals surface area contributed by atoms with Gasteiger partial charge in [0.1, 0.15) is 6.04 Å². The maximum Gasteiger partial charge on any atom is 0.320 e. The summed E-state index contributed by atoms with van der Waals surface area (Å²) in [6.07, 6.45) is 2.81. The molecule has 0 spiro atoms. The quantitative estimate of drug-likeness (QED) is 0.741. The van der Waals surface area contributed by atoms with E-state index in [-0.39, 0.29) is 0 Å². The summed E-state index contributed by atoms with van der Waals surface area (Å²) in [5.74, 6) is 0.331. The molecule has 1 rings (SSSR count). The molecule has 1 aliphatic heterocycles. The van der Waals surface area contributed by atoms with Gasteiger partial charge in [0.05, 0.1) is 0 Å². The lowest BCUT2D eigenvalue weighted by atomic mass is 9.90. The Kier molecular flexibility index (Phi) is 5.22. The molecule has 16 heavy (non-hydrogen) atoms. The highest BCUT2D eigenvalue weighted by atomic mass is 16.4. The normalized spacial score (nSPS) is 21.2. The molecule has 0 aromatic rings. The molecule has 1 heterocycles. The third kappa shape index (κ3) is 4.49. The van der Waals surface area contributed by atoms with E-state index in [1.807, 2.05) is 0 Å². The van der Waals surface area contributed by atoms with Crippen LogP contribution >= 0.6 is 0 Å². The monoisotopic (exact) mass is 228 g/mol. The lowest BCUT2D eigenvalue weighted by Crippen LogP contribution is -2.39. The van der Waals surface area contributed by atoms with Crippen molar-refractivity contribution >= 4 is 5.97 Å². The van der Waals surface area contributed by atoms with Gasteiger partial charge in [-0.05, 0) is 44.2 Å². The highest BCUT2D eigenvalue weighted by Gasteiger charge is 2.23. The van der Waals surface area contributed by atoms with Gasteiger partial charge < -0.3 is 15.7 Å². The van der Waals surface area contributed by atoms with E-state index in [0.29, 0.717) is 18.3 Å². The van der Waals surface area contributed by atoms with Crippen molar-refractivity contribution in [2.45, 2.75) is 39.2 Å². The van der Waals surface area contributed by atoms with Crippen molar-refractivity contribution < 1.29 is 9.90 Å². The Balaban J connectivity index is 2.24. The molecule has 0 aliphatic carbocycles. The second-order valence-electron chi connectivity index (χ2n) is 5.32. The third-order valence-corrected chi connectivity index (χ3v) is 3.23. The molecule has 3 N–H and O–H groups in total. The first-order chi connectivity index (χ1) is 7.49. The van der Waals surface area contributed by atoms with E-state index in [2.05, 4.69) is 18.7 Å². The summed E-state index contributed by atoms with van der Waals surface area (Å²) >= 11 is 0. The first-order valence-corrected chi connectivity index (χ1v) is 6.19. The summed E-state index contributed by atoms with van der Waals surface area (Å²) < 4.78 is 0. The SMILES string of the molecule is CC(C)CN1CCC(CC(N)C(=O)O)CC1. The molecular formula is C12H24N2O2. The average Bonchev–Trinajstić information content (AvgIpc) is 2.20. The minimum Gasteiger partial charge on any atom is -0.480 e. The Hall–Kier alpha value is -0.610. The first kappa shape index (κ1) is 13.5. The molecule has 0 aromatic heterocycles. The zero-order valence-corrected chi connectivity index (χ0v) is 10.4. The van der Waals surface area contributed by atoms with Gasteiger partial charge >= 0.3 is 5.97 Å². The standard InChI is InChI=1S/C12H24N2O2/c1-9(2)8-14-5-3-10(4-6-14)7-11(13)12(15)16/h9-11H,3-8,13H2,1-2H3,(H,15,16). The van der Waals surface area contributed by atoms with Crippen LogP contribution in [0.1, 0.15) is 33.1 Å². The Morgan fingerprint density at radius 2 is 2.00 bits per heavy atom. The molecule has 1 atom stereocenters. The van der Waals surface area contributed by atoms with Gasteiger partial charge in [0.25, 0.3) is 0 Å². The Labute approximate surface area is 97.8 Å². The lowest BCUT2D eigenvalue weighted by molar-refractivity contribution is -0.139. The van der Waals surface area contributed by atoms with Crippen molar-refractivity contribution in [3.8, 4) is 0 Å². The molecule has 0 amide bonds. The van der Waals surface area contributed by atoms with Gasteiger partial charge in [-0.2, -0.15) is 0 Å². The zero-order chi connectivity index (χ0) is 12.1. The summed E-state index contributed by atoms with van der Waals surface area (Å²) in [6, 6.07) is -0.679. The fourth-order valence-electron chi connectivity index (χ4n) is 2.38. The molecule has 0 radical (unpaired) electrons. The maximum absolute atomic E-state index is 10.6. The van der Waals surface area contributed by atoms with Gasteiger partial charge in [0.15, 0.2) is 0 Å². The number of rotatable bonds is 5. The predicted octanol–water partition coefficient (Wildman–Crippen LogP) is 1.16. The number of carboxylic acids is 1. The van der Waals surface area contributed by atoms with Gasteiger partial charge in [-0.3, -0.25) is 4.79 Å². The van der Waals surface area contributed by atoms with E-state index in [1.165, 1.54) is 0 Å². The minimum absolute atomic E-state index is 0.495. The number of hydrogen-bond donors (Lipinski definition) is 2. The van der Waals surface area contributed by atoms with Crippen molar-refractivity contribution in [1.29, 1.82) is 0 Å². The van der Waals surface area contributed by atoms with Gasteiger partial charge in [-0.25, -0.2) is 0 Å². The average molecular weight is 228 g/mol. The summed E-state index contributed by atoms with van der Waals surface area (Å²) in [5, 5.41) is 8.75. The Bertz CT molecular complexity index is 223. The van der Waals surface area contributed by atoms with E-state index < -0.39 is 12.0 Å². The van der Waals surface area contributed by atoms with Crippen LogP contribution in [0.4, 0.5) is 0 Å². The van der Waals surface area contributed by atoms with Crippen molar-refractivity contribution in [2.24, 2.45) is 17.6 Å². The van der Waals surface area contributed by atoms with Crippen LogP contribution in [0, 0.1) is 11.8 Å². The number of hydrogen-bond acceptors (Lipinski definition) is 3. The summed E-state index contributed by atoms with van der Waals surface area (Å²) in [5.41, 5.74) is 5.55. The van der Waals surface area contributed by atoms with Crippen LogP contribution in [0.3, 0.4) is 0 Å². The highest BCUT2D eigenvalue weighted by Crippen LogP contribution is 2.22. The molecule has 1 saturated heterocycles. The van der Waals surface area contributed by atoms with Crippen molar-refractivity contribution in [1.82, 2.24) is 4.90 Å². The smallest absolute Gasteiger partial charge is 0.320 e. The van der Waals surface area contributed by atoms with E-state index >= 15 is 0 Å². The van der Waals surface area contributed by atoms with Crippen LogP contribution < -0.4 is 5.73 Å². The predicted molar refractivity (Wildman–Crippen MR) is 64.2 cm³/mol. The molecule has 4 nitrogen and oxygen atoms in total. The van der Waals surface area contributed by atoms with Crippen LogP contribution in [0.2, 0.25) is 0 Å². The lowest BCUT2D eigenvalue weighted by Gasteiger charge is -2.33. The molecule has 1 aliphatic rings. The van der Waals surface area contributed by atoms with Crippen LogP contribution in [0.25, 0.3) is 0 Å². The zero-order valence-electron chi connectivity index (χ0n) is 10.4. The largest absolute Gasteiger partial charge is 0.480 e. The number of likely N-dealkylation sites (tertiary alicyclic amines) is 1. The summed E-state index contributed by atoms with van der Waals surface area (Å²) in [6.45, 7) is 7.79. The number of nitrogens with two attached hydrogens (primary N) is 1. The second kappa shape index (κ2) is 6.21. The Morgan fingerprint density at radius 3 is 2.44 bits per heavy atom. The summed E-state index contributed by atoms with van der Waals surface area (Å²) in [7, 11) is 0. The van der Waals surface area contributed by atoms with Crippen LogP contribution in [0.5, 0.6) is 0 Å². The van der Waals surface area contributed by atoms with Crippen molar-refractivity contribution in [2.75, 3.05) is 19.6 Å². The fourth-order valence-corrected chi connectivity index (χ4v) is 2.38. The molecular weight excluding hydrogens is 204 g/mol. The van der Waals surface area contributed by atoms with Gasteiger partial charge in [0.2, 0.25) is 0 Å². The van der Waals surface area contributed by atoms with Crippen molar-refractivity contribution in [3.05, 3.63) is 0 Å². The van der Waals surface area contributed by atoms with Gasteiger partial charge in [0, 0.05) is 6.54 Å². The highest BCUT2D eigenvalue weighted by molar-refractivity contribution is 5.73. The van der Waals surface area contributed by atoms with Crippen LogP contribution in [-0.2, 0) is 4.79 Å². The molecule has 1 unspecified atom stereocenters. The maximum atomic E-state index is 10.6. The van der Waals surface area contributed by atoms with Crippen molar-refractivity contribution in [3.63, 3.8) is 0 Å². The number of piperidine rings is 1. The first-order valence-electron chi connectivity index (χ1n) is 6.19. The Morgan fingerprint density at radius 1 is 1.44 bits per heavy atom. The fraction of sp³-hybridized carbons (Fsp3) is 0.917. The molecule has 0 aromatic carbocycles. The van der Waals surface area contributed by atoms with E-state index in [9.17, 15) is 4.79 Å². The number of nitrogens with zero attached hydrogens (tertiary/aromatic N) is 1. The minimum atomic E-state index is -0.871. The van der Waals surface area contributed by atoms with Gasteiger partial charge in [-0.1, -0.05) is 13.8 Å². The van der Waals surface area contributed by atoms with Crippen LogP contribution in [0.15, 0.2) is 0 Å². The molecule has 1 fully saturated rings. The topological polar surface area (TPSA) is 66.6 Å². The molecule has 0 bridgehead atoms. The molecule has 0 saturated carbocycles. The molecule has 94 valence electrons. The van der Waals surface area contributed by atoms with E-state index in [1.54, 1.807) is 0 Å². The van der Waals surface area contributed by atoms with Gasteiger partial charge in [-0.15, -0.1) is 0 Å². The van der Waals surface area contributed by atoms with E-state index in [0.717, 1.165) is 32.5 Å². The second-order valence-corrected chi connectivity index (χ2v) is 5.32. The number of carbonyl (C=O) groups is 1. The third-order valence-electron chi connectivity index (χ3n) is 3.23. The number of carboxylic acid groups (broad SMARTS) is 1. The summed E-state index contributed by atoms with van der Waals surface area (Å²) in [4.78, 5) is 13.1. The van der Waals surface area contributed by atoms with E-state index in [4.69, 9.17) is 10.8 Å². The molecule has 4 heteroatoms. The van der Waals surface area contributed by atoms with Crippen LogP contribution in [-0.4, -0.2) is 41.7 Å². The number of aliphatic carboxylic acids is 1.